The fourth-order valence-corrected chi connectivity index (χ4v) is 6.17. The molecular formula is C27H30N2O6. The van der Waals surface area contributed by atoms with Crippen molar-refractivity contribution in [1.82, 2.24) is 9.80 Å². The average Bonchev–Trinajstić information content (AvgIpc) is 3.35. The Labute approximate surface area is 204 Å². The number of nitrogens with zero attached hydrogens (tertiary/aromatic N) is 2. The molecule has 184 valence electrons. The van der Waals surface area contributed by atoms with E-state index in [1.54, 1.807) is 20.3 Å². The van der Waals surface area contributed by atoms with Crippen LogP contribution in [-0.2, 0) is 20.7 Å². The molecule has 2 aromatic rings. The van der Waals surface area contributed by atoms with E-state index in [9.17, 15) is 9.59 Å². The van der Waals surface area contributed by atoms with Crippen LogP contribution >= 0.6 is 0 Å². The van der Waals surface area contributed by atoms with Crippen LogP contribution in [-0.4, -0.2) is 74.5 Å². The number of hydrogen-bond donors (Lipinski definition) is 0. The molecule has 35 heavy (non-hydrogen) atoms. The number of benzene rings is 2. The predicted molar refractivity (Wildman–Crippen MR) is 127 cm³/mol. The minimum atomic E-state index is -0.558. The van der Waals surface area contributed by atoms with E-state index in [0.717, 1.165) is 12.0 Å². The van der Waals surface area contributed by atoms with Crippen LogP contribution in [0.1, 0.15) is 51.8 Å². The maximum Gasteiger partial charge on any atom is 0.254 e. The molecule has 0 saturated carbocycles. The van der Waals surface area contributed by atoms with Crippen molar-refractivity contribution in [1.29, 1.82) is 0 Å². The highest BCUT2D eigenvalue weighted by Crippen LogP contribution is 2.49. The quantitative estimate of drug-likeness (QED) is 0.675. The lowest BCUT2D eigenvalue weighted by molar-refractivity contribution is -0.188. The van der Waals surface area contributed by atoms with Crippen molar-refractivity contribution in [2.75, 3.05) is 47.1 Å². The maximum absolute atomic E-state index is 14.3. The lowest BCUT2D eigenvalue weighted by Gasteiger charge is -2.47. The normalized spacial score (nSPS) is 24.6. The minimum Gasteiger partial charge on any atom is -0.493 e. The van der Waals surface area contributed by atoms with E-state index >= 15 is 0 Å². The van der Waals surface area contributed by atoms with Crippen molar-refractivity contribution >= 4 is 11.8 Å². The van der Waals surface area contributed by atoms with Crippen LogP contribution in [0.25, 0.3) is 0 Å². The molecule has 2 amide bonds. The molecule has 8 nitrogen and oxygen atoms in total. The summed E-state index contributed by atoms with van der Waals surface area (Å²) >= 11 is 0. The number of rotatable bonds is 3. The highest BCUT2D eigenvalue weighted by molar-refractivity contribution is 6.02. The van der Waals surface area contributed by atoms with Gasteiger partial charge in [0.1, 0.15) is 0 Å². The first-order valence-electron chi connectivity index (χ1n) is 12.3. The summed E-state index contributed by atoms with van der Waals surface area (Å²) in [4.78, 5) is 31.8. The number of piperidine rings is 1. The van der Waals surface area contributed by atoms with Gasteiger partial charge in [-0.15, -0.1) is 0 Å². The number of carbonyl (C=O) groups excluding carboxylic acids is 2. The second-order valence-electron chi connectivity index (χ2n) is 9.60. The first kappa shape index (κ1) is 22.4. The Hall–Kier alpha value is -3.10. The summed E-state index contributed by atoms with van der Waals surface area (Å²) in [6.07, 6.45) is 2.06. The molecule has 0 unspecified atom stereocenters. The topological polar surface area (TPSA) is 77.5 Å². The summed E-state index contributed by atoms with van der Waals surface area (Å²) in [5.74, 6) is -0.155. The molecule has 0 aromatic heterocycles. The van der Waals surface area contributed by atoms with Crippen LogP contribution < -0.4 is 9.47 Å². The summed E-state index contributed by atoms with van der Waals surface area (Å²) in [6.45, 7) is 2.88. The molecule has 1 spiro atoms. The first-order chi connectivity index (χ1) is 17.0. The number of fused-ring (bicyclic) bond motifs is 4. The Bertz CT molecular complexity index is 1160. The van der Waals surface area contributed by atoms with Crippen molar-refractivity contribution in [3.05, 3.63) is 58.7 Å². The second-order valence-corrected chi connectivity index (χ2v) is 9.60. The van der Waals surface area contributed by atoms with Crippen molar-refractivity contribution in [3.63, 3.8) is 0 Å². The third-order valence-electron chi connectivity index (χ3n) is 7.95. The molecule has 2 atom stereocenters. The summed E-state index contributed by atoms with van der Waals surface area (Å²) < 4.78 is 22.8. The van der Waals surface area contributed by atoms with Gasteiger partial charge in [0, 0.05) is 38.0 Å². The highest BCUT2D eigenvalue weighted by Gasteiger charge is 2.49. The monoisotopic (exact) mass is 478 g/mol. The Kier molecular flexibility index (Phi) is 5.45. The van der Waals surface area contributed by atoms with E-state index in [1.165, 1.54) is 5.56 Å². The molecule has 2 aromatic carbocycles. The van der Waals surface area contributed by atoms with E-state index in [-0.39, 0.29) is 17.9 Å². The Morgan fingerprint density at radius 2 is 1.66 bits per heavy atom. The van der Waals surface area contributed by atoms with Gasteiger partial charge in [-0.3, -0.25) is 9.59 Å². The van der Waals surface area contributed by atoms with Crippen molar-refractivity contribution in [2.24, 2.45) is 0 Å². The summed E-state index contributed by atoms with van der Waals surface area (Å²) in [7, 11) is 3.12. The van der Waals surface area contributed by atoms with Gasteiger partial charge in [-0.25, -0.2) is 0 Å². The molecule has 8 heteroatoms. The zero-order valence-electron chi connectivity index (χ0n) is 20.1. The fourth-order valence-electron chi connectivity index (χ4n) is 6.17. The van der Waals surface area contributed by atoms with Crippen molar-refractivity contribution in [2.45, 2.75) is 37.0 Å². The smallest absolute Gasteiger partial charge is 0.254 e. The van der Waals surface area contributed by atoms with Gasteiger partial charge in [-0.05, 0) is 35.2 Å². The third kappa shape index (κ3) is 3.50. The maximum atomic E-state index is 14.3. The van der Waals surface area contributed by atoms with Gasteiger partial charge in [0.15, 0.2) is 17.3 Å². The zero-order chi connectivity index (χ0) is 24.2. The summed E-state index contributed by atoms with van der Waals surface area (Å²) in [6, 6.07) is 11.3. The van der Waals surface area contributed by atoms with E-state index in [2.05, 4.69) is 12.1 Å². The van der Waals surface area contributed by atoms with Gasteiger partial charge >= 0.3 is 0 Å². The Morgan fingerprint density at radius 3 is 2.37 bits per heavy atom. The number of amides is 2. The van der Waals surface area contributed by atoms with Gasteiger partial charge in [0.05, 0.1) is 39.4 Å². The van der Waals surface area contributed by atoms with E-state index in [4.69, 9.17) is 18.9 Å². The molecule has 0 N–H and O–H groups in total. The van der Waals surface area contributed by atoms with Gasteiger partial charge in [0.25, 0.3) is 5.91 Å². The fraction of sp³-hybridized carbons (Fsp3) is 0.481. The Balaban J connectivity index is 1.44. The molecule has 0 aliphatic carbocycles. The molecule has 4 aliphatic rings. The minimum absolute atomic E-state index is 0.0190. The van der Waals surface area contributed by atoms with Gasteiger partial charge < -0.3 is 28.7 Å². The molecule has 0 radical (unpaired) electrons. The largest absolute Gasteiger partial charge is 0.493 e. The van der Waals surface area contributed by atoms with Crippen LogP contribution in [0.15, 0.2) is 36.4 Å². The standard InChI is InChI=1S/C27H30N2O6/c1-32-21-15-19-20(16-22(21)33-2)25(30)29-10-7-17-5-3-4-6-18(17)24(29)23(19)26(31)28-11-8-27(9-12-28)34-13-14-35-27/h3-6,15-16,23-24H,7-14H2,1-2H3/t23-,24+/m1/s1. The Morgan fingerprint density at radius 1 is 0.971 bits per heavy atom. The van der Waals surface area contributed by atoms with Gasteiger partial charge in [0.2, 0.25) is 5.91 Å². The molecular weight excluding hydrogens is 448 g/mol. The molecule has 2 saturated heterocycles. The van der Waals surface area contributed by atoms with E-state index in [0.29, 0.717) is 68.3 Å². The first-order valence-corrected chi connectivity index (χ1v) is 12.3. The SMILES string of the molecule is COc1cc2c(cc1OC)[C@@H](C(=O)N1CCC3(CC1)OCCO3)[C@@H]1c3ccccc3CCN1C2=O. The number of likely N-dealkylation sites (tertiary alicyclic amines) is 1. The predicted octanol–water partition coefficient (Wildman–Crippen LogP) is 2.91. The number of ether oxygens (including phenoxy) is 4. The van der Waals surface area contributed by atoms with Gasteiger partial charge in [-0.1, -0.05) is 24.3 Å². The summed E-state index contributed by atoms with van der Waals surface area (Å²) in [5.41, 5.74) is 3.44. The second kappa shape index (κ2) is 8.53. The molecule has 4 aliphatic heterocycles. The third-order valence-corrected chi connectivity index (χ3v) is 7.95. The molecule has 4 heterocycles. The zero-order valence-corrected chi connectivity index (χ0v) is 20.1. The van der Waals surface area contributed by atoms with Crippen LogP contribution in [0.5, 0.6) is 11.5 Å². The number of methoxy groups -OCH3 is 2. The molecule has 6 rings (SSSR count). The number of carbonyl (C=O) groups is 2. The van der Waals surface area contributed by atoms with Crippen LogP contribution in [0.2, 0.25) is 0 Å². The summed E-state index contributed by atoms with van der Waals surface area (Å²) in [5, 5.41) is 0. The van der Waals surface area contributed by atoms with Crippen molar-refractivity contribution < 1.29 is 28.5 Å². The average molecular weight is 479 g/mol. The molecule has 2 fully saturated rings. The lowest BCUT2D eigenvalue weighted by Crippen LogP contribution is -2.53. The lowest BCUT2D eigenvalue weighted by atomic mass is 9.75. The van der Waals surface area contributed by atoms with Crippen LogP contribution in [0, 0.1) is 0 Å². The van der Waals surface area contributed by atoms with Crippen LogP contribution in [0.3, 0.4) is 0 Å². The number of hydrogen-bond acceptors (Lipinski definition) is 6. The van der Waals surface area contributed by atoms with Crippen molar-refractivity contribution in [3.8, 4) is 11.5 Å². The molecule has 0 bridgehead atoms. The highest BCUT2D eigenvalue weighted by atomic mass is 16.7. The van der Waals surface area contributed by atoms with E-state index in [1.807, 2.05) is 28.0 Å². The van der Waals surface area contributed by atoms with Gasteiger partial charge in [-0.2, -0.15) is 0 Å². The van der Waals surface area contributed by atoms with Crippen LogP contribution in [0.4, 0.5) is 0 Å². The van der Waals surface area contributed by atoms with E-state index < -0.39 is 11.7 Å².